The molecule has 1 aromatic rings. The number of methoxy groups -OCH3 is 1. The van der Waals surface area contributed by atoms with Gasteiger partial charge in [0.1, 0.15) is 5.75 Å². The van der Waals surface area contributed by atoms with E-state index in [1.165, 1.54) is 62.7 Å². The number of benzene rings is 1. The minimum Gasteiger partial charge on any atom is -0.497 e. The fourth-order valence-corrected chi connectivity index (χ4v) is 3.50. The Kier molecular flexibility index (Phi) is 4.30. The van der Waals surface area contributed by atoms with Gasteiger partial charge in [-0.25, -0.2) is 0 Å². The average Bonchev–Trinajstić information content (AvgIpc) is 3.29. The lowest BCUT2D eigenvalue weighted by Gasteiger charge is -2.35. The lowest BCUT2D eigenvalue weighted by Crippen LogP contribution is -2.41. The quantitative estimate of drug-likeness (QED) is 0.784. The highest BCUT2D eigenvalue weighted by atomic mass is 16.5. The van der Waals surface area contributed by atoms with Crippen LogP contribution >= 0.6 is 0 Å². The number of aryl methyl sites for hydroxylation is 1. The van der Waals surface area contributed by atoms with E-state index in [9.17, 15) is 0 Å². The van der Waals surface area contributed by atoms with Gasteiger partial charge in [0.25, 0.3) is 0 Å². The predicted molar refractivity (Wildman–Crippen MR) is 83.4 cm³/mol. The Morgan fingerprint density at radius 3 is 2.75 bits per heavy atom. The molecule has 0 heterocycles. The second-order valence-electron chi connectivity index (χ2n) is 6.47. The summed E-state index contributed by atoms with van der Waals surface area (Å²) in [5.41, 5.74) is 3.04. The number of nitrogens with zero attached hydrogens (tertiary/aromatic N) is 1. The summed E-state index contributed by atoms with van der Waals surface area (Å²) in [7, 11) is 1.76. The number of hydrogen-bond acceptors (Lipinski definition) is 2. The van der Waals surface area contributed by atoms with Crippen LogP contribution in [0.15, 0.2) is 18.2 Å². The van der Waals surface area contributed by atoms with Crippen LogP contribution in [0.3, 0.4) is 0 Å². The van der Waals surface area contributed by atoms with E-state index in [2.05, 4.69) is 30.0 Å². The number of rotatable bonds is 6. The Morgan fingerprint density at radius 1 is 1.20 bits per heavy atom. The monoisotopic (exact) mass is 273 g/mol. The molecule has 1 fully saturated rings. The van der Waals surface area contributed by atoms with Gasteiger partial charge in [0, 0.05) is 12.6 Å². The second-order valence-corrected chi connectivity index (χ2v) is 6.47. The summed E-state index contributed by atoms with van der Waals surface area (Å²) < 4.78 is 5.38. The first-order valence-corrected chi connectivity index (χ1v) is 8.20. The molecule has 2 aliphatic rings. The summed E-state index contributed by atoms with van der Waals surface area (Å²) in [6, 6.07) is 7.36. The van der Waals surface area contributed by atoms with Gasteiger partial charge in [-0.05, 0) is 74.2 Å². The molecule has 110 valence electrons. The highest BCUT2D eigenvalue weighted by Gasteiger charge is 2.29. The Morgan fingerprint density at radius 2 is 2.05 bits per heavy atom. The Balaban J connectivity index is 1.71. The van der Waals surface area contributed by atoms with Gasteiger partial charge in [-0.2, -0.15) is 0 Å². The summed E-state index contributed by atoms with van der Waals surface area (Å²) in [5, 5.41) is 0. The second kappa shape index (κ2) is 6.17. The van der Waals surface area contributed by atoms with Crippen LogP contribution in [0, 0.1) is 5.92 Å². The van der Waals surface area contributed by atoms with E-state index in [1.807, 2.05) is 0 Å². The van der Waals surface area contributed by atoms with E-state index < -0.39 is 0 Å². The van der Waals surface area contributed by atoms with Crippen LogP contribution < -0.4 is 4.74 Å². The van der Waals surface area contributed by atoms with Crippen LogP contribution in [0.25, 0.3) is 0 Å². The first-order valence-electron chi connectivity index (χ1n) is 8.20. The number of hydrogen-bond donors (Lipinski definition) is 0. The zero-order valence-corrected chi connectivity index (χ0v) is 12.9. The van der Waals surface area contributed by atoms with Crippen molar-refractivity contribution >= 4 is 0 Å². The van der Waals surface area contributed by atoms with Gasteiger partial charge in [0.05, 0.1) is 7.11 Å². The van der Waals surface area contributed by atoms with Gasteiger partial charge in [0.2, 0.25) is 0 Å². The molecule has 2 heteroatoms. The van der Waals surface area contributed by atoms with Crippen LogP contribution in [0.2, 0.25) is 0 Å². The molecule has 2 aliphatic carbocycles. The lowest BCUT2D eigenvalue weighted by atomic mass is 9.87. The third kappa shape index (κ3) is 3.17. The summed E-state index contributed by atoms with van der Waals surface area (Å²) in [4.78, 5) is 2.76. The van der Waals surface area contributed by atoms with Crippen molar-refractivity contribution in [2.24, 2.45) is 5.92 Å². The van der Waals surface area contributed by atoms with E-state index in [0.717, 1.165) is 17.7 Å². The lowest BCUT2D eigenvalue weighted by molar-refractivity contribution is 0.172. The third-order valence-corrected chi connectivity index (χ3v) is 4.83. The van der Waals surface area contributed by atoms with Crippen molar-refractivity contribution in [3.05, 3.63) is 29.3 Å². The fourth-order valence-electron chi connectivity index (χ4n) is 3.50. The van der Waals surface area contributed by atoms with Crippen molar-refractivity contribution in [3.63, 3.8) is 0 Å². The van der Waals surface area contributed by atoms with Crippen molar-refractivity contribution in [2.45, 2.75) is 51.5 Å². The van der Waals surface area contributed by atoms with E-state index in [0.29, 0.717) is 0 Å². The Hall–Kier alpha value is -1.02. The van der Waals surface area contributed by atoms with Crippen molar-refractivity contribution < 1.29 is 4.74 Å². The average molecular weight is 273 g/mol. The van der Waals surface area contributed by atoms with Gasteiger partial charge in [-0.1, -0.05) is 13.0 Å². The molecule has 0 amide bonds. The summed E-state index contributed by atoms with van der Waals surface area (Å²) in [6.07, 6.45) is 7.95. The molecular formula is C18H27NO. The van der Waals surface area contributed by atoms with Crippen LogP contribution in [0.4, 0.5) is 0 Å². The van der Waals surface area contributed by atoms with E-state index >= 15 is 0 Å². The van der Waals surface area contributed by atoms with Crippen LogP contribution in [-0.2, 0) is 12.8 Å². The predicted octanol–water partition coefficient (Wildman–Crippen LogP) is 3.67. The molecule has 0 bridgehead atoms. The molecule has 0 spiro atoms. The smallest absolute Gasteiger partial charge is 0.119 e. The molecule has 1 unspecified atom stereocenters. The molecule has 0 saturated heterocycles. The van der Waals surface area contributed by atoms with Gasteiger partial charge >= 0.3 is 0 Å². The molecule has 0 aliphatic heterocycles. The zero-order valence-electron chi connectivity index (χ0n) is 12.9. The minimum atomic E-state index is 0.746. The highest BCUT2D eigenvalue weighted by Crippen LogP contribution is 2.33. The maximum Gasteiger partial charge on any atom is 0.119 e. The Bertz CT molecular complexity index is 453. The molecule has 2 nitrogen and oxygen atoms in total. The van der Waals surface area contributed by atoms with Gasteiger partial charge in [-0.15, -0.1) is 0 Å². The topological polar surface area (TPSA) is 12.5 Å². The molecule has 0 aromatic heterocycles. The molecular weight excluding hydrogens is 246 g/mol. The minimum absolute atomic E-state index is 0.746. The number of ether oxygens (including phenoxy) is 1. The molecule has 1 atom stereocenters. The van der Waals surface area contributed by atoms with Crippen molar-refractivity contribution in [1.82, 2.24) is 4.90 Å². The summed E-state index contributed by atoms with van der Waals surface area (Å²) >= 11 is 0. The molecule has 0 N–H and O–H groups in total. The molecule has 3 rings (SSSR count). The molecule has 0 radical (unpaired) electrons. The first kappa shape index (κ1) is 13.9. The Labute approximate surface area is 123 Å². The van der Waals surface area contributed by atoms with E-state index in [-0.39, 0.29) is 0 Å². The van der Waals surface area contributed by atoms with Gasteiger partial charge in [0.15, 0.2) is 0 Å². The third-order valence-electron chi connectivity index (χ3n) is 4.83. The highest BCUT2D eigenvalue weighted by molar-refractivity contribution is 5.37. The van der Waals surface area contributed by atoms with Crippen molar-refractivity contribution in [1.29, 1.82) is 0 Å². The summed E-state index contributed by atoms with van der Waals surface area (Å²) in [6.45, 7) is 4.90. The molecule has 1 aromatic carbocycles. The first-order chi connectivity index (χ1) is 9.80. The SMILES string of the molecule is CCCN(CC1CC1)C1CCc2ccc(OC)cc2C1. The van der Waals surface area contributed by atoms with Crippen molar-refractivity contribution in [3.8, 4) is 5.75 Å². The van der Waals surface area contributed by atoms with Gasteiger partial charge < -0.3 is 4.74 Å². The van der Waals surface area contributed by atoms with Crippen LogP contribution in [-0.4, -0.2) is 31.1 Å². The largest absolute Gasteiger partial charge is 0.497 e. The number of fused-ring (bicyclic) bond motifs is 1. The van der Waals surface area contributed by atoms with Crippen LogP contribution in [0.1, 0.15) is 43.7 Å². The van der Waals surface area contributed by atoms with Crippen molar-refractivity contribution in [2.75, 3.05) is 20.2 Å². The summed E-state index contributed by atoms with van der Waals surface area (Å²) in [5.74, 6) is 2.00. The normalized spacial score (nSPS) is 21.9. The van der Waals surface area contributed by atoms with E-state index in [4.69, 9.17) is 4.74 Å². The zero-order chi connectivity index (χ0) is 13.9. The van der Waals surface area contributed by atoms with Crippen LogP contribution in [0.5, 0.6) is 5.75 Å². The van der Waals surface area contributed by atoms with Gasteiger partial charge in [-0.3, -0.25) is 4.90 Å². The fraction of sp³-hybridized carbons (Fsp3) is 0.667. The van der Waals surface area contributed by atoms with E-state index in [1.54, 1.807) is 7.11 Å². The molecule has 20 heavy (non-hydrogen) atoms. The maximum absolute atomic E-state index is 5.38. The standard InChI is InChI=1S/C18H27NO/c1-3-10-19(13-14-4-5-14)17-8-6-15-7-9-18(20-2)12-16(15)11-17/h7,9,12,14,17H,3-6,8,10-11,13H2,1-2H3. The maximum atomic E-state index is 5.38. The molecule has 1 saturated carbocycles.